The zero-order valence-electron chi connectivity index (χ0n) is 16.9. The van der Waals surface area contributed by atoms with Crippen molar-refractivity contribution in [2.75, 3.05) is 6.54 Å². The van der Waals surface area contributed by atoms with Crippen molar-refractivity contribution in [3.63, 3.8) is 0 Å². The number of fused-ring (bicyclic) bond motifs is 1. The topological polar surface area (TPSA) is 46.9 Å². The molecule has 1 aromatic heterocycles. The van der Waals surface area contributed by atoms with Gasteiger partial charge in [0.05, 0.1) is 17.5 Å². The fraction of sp³-hybridized carbons (Fsp3) is 0.154. The molecule has 4 rings (SSSR count). The second-order valence-corrected chi connectivity index (χ2v) is 7.20. The molecule has 3 aromatic carbocycles. The fourth-order valence-corrected chi connectivity index (χ4v) is 3.54. The molecule has 4 aromatic rings. The molecule has 4 heteroatoms. The van der Waals surface area contributed by atoms with E-state index in [2.05, 4.69) is 40.2 Å². The first-order valence-electron chi connectivity index (χ1n) is 10.3. The molecule has 0 spiro atoms. The number of para-hydroxylation sites is 2. The highest BCUT2D eigenvalue weighted by molar-refractivity contribution is 5.78. The second kappa shape index (κ2) is 9.70. The number of allylic oxidation sites excluding steroid dienone is 1. The highest BCUT2D eigenvalue weighted by atomic mass is 16.1. The van der Waals surface area contributed by atoms with Crippen LogP contribution in [0.1, 0.15) is 17.0 Å². The second-order valence-electron chi connectivity index (χ2n) is 7.20. The zero-order chi connectivity index (χ0) is 20.6. The van der Waals surface area contributed by atoms with E-state index in [0.29, 0.717) is 19.4 Å². The number of aromatic nitrogens is 2. The lowest BCUT2D eigenvalue weighted by molar-refractivity contribution is -0.120. The van der Waals surface area contributed by atoms with Gasteiger partial charge in [-0.2, -0.15) is 0 Å². The minimum atomic E-state index is 0.0350. The van der Waals surface area contributed by atoms with Gasteiger partial charge in [0.2, 0.25) is 5.91 Å². The van der Waals surface area contributed by atoms with E-state index in [0.717, 1.165) is 29.0 Å². The van der Waals surface area contributed by atoms with E-state index in [-0.39, 0.29) is 5.91 Å². The smallest absolute Gasteiger partial charge is 0.224 e. The maximum Gasteiger partial charge on any atom is 0.224 e. The Labute approximate surface area is 176 Å². The summed E-state index contributed by atoms with van der Waals surface area (Å²) in [5.74, 6) is 1.02. The highest BCUT2D eigenvalue weighted by Crippen LogP contribution is 2.17. The van der Waals surface area contributed by atoms with Gasteiger partial charge in [0.1, 0.15) is 5.82 Å². The van der Waals surface area contributed by atoms with Gasteiger partial charge in [-0.3, -0.25) is 4.79 Å². The van der Waals surface area contributed by atoms with Crippen molar-refractivity contribution in [3.05, 3.63) is 108 Å². The molecule has 4 nitrogen and oxygen atoms in total. The third-order valence-corrected chi connectivity index (χ3v) is 5.01. The van der Waals surface area contributed by atoms with Crippen LogP contribution in [-0.4, -0.2) is 22.0 Å². The summed E-state index contributed by atoms with van der Waals surface area (Å²) in [6.45, 7) is 1.31. The first-order chi connectivity index (χ1) is 14.8. The Morgan fingerprint density at radius 3 is 2.40 bits per heavy atom. The minimum absolute atomic E-state index is 0.0350. The largest absolute Gasteiger partial charge is 0.355 e. The third-order valence-electron chi connectivity index (χ3n) is 5.01. The van der Waals surface area contributed by atoms with E-state index >= 15 is 0 Å². The van der Waals surface area contributed by atoms with Gasteiger partial charge in [-0.05, 0) is 23.3 Å². The number of imidazole rings is 1. The van der Waals surface area contributed by atoms with Crippen LogP contribution in [0.15, 0.2) is 91.0 Å². The molecule has 0 unspecified atom stereocenters. The number of nitrogens with one attached hydrogen (secondary N) is 1. The van der Waals surface area contributed by atoms with Crippen LogP contribution in [0, 0.1) is 0 Å². The average Bonchev–Trinajstić information content (AvgIpc) is 3.13. The van der Waals surface area contributed by atoms with Crippen molar-refractivity contribution >= 4 is 23.0 Å². The first-order valence-corrected chi connectivity index (χ1v) is 10.3. The SMILES string of the molecule is O=C(Cc1ccccc1)NCCc1nc2ccccc2n1C/C=C/c1ccccc1. The van der Waals surface area contributed by atoms with Crippen molar-refractivity contribution in [3.8, 4) is 0 Å². The van der Waals surface area contributed by atoms with Crippen LogP contribution >= 0.6 is 0 Å². The molecule has 30 heavy (non-hydrogen) atoms. The van der Waals surface area contributed by atoms with E-state index in [9.17, 15) is 4.79 Å². The van der Waals surface area contributed by atoms with Crippen LogP contribution in [0.3, 0.4) is 0 Å². The zero-order valence-corrected chi connectivity index (χ0v) is 16.9. The summed E-state index contributed by atoms with van der Waals surface area (Å²) in [5, 5.41) is 3.02. The number of hydrogen-bond acceptors (Lipinski definition) is 2. The van der Waals surface area contributed by atoms with Gasteiger partial charge >= 0.3 is 0 Å². The number of amides is 1. The lowest BCUT2D eigenvalue weighted by atomic mass is 10.1. The molecular weight excluding hydrogens is 370 g/mol. The molecule has 0 aliphatic heterocycles. The van der Waals surface area contributed by atoms with Crippen LogP contribution in [0.4, 0.5) is 0 Å². The van der Waals surface area contributed by atoms with Crippen molar-refractivity contribution < 1.29 is 4.79 Å². The Hall–Kier alpha value is -3.66. The van der Waals surface area contributed by atoms with Crippen LogP contribution in [0.25, 0.3) is 17.1 Å². The average molecular weight is 396 g/mol. The maximum absolute atomic E-state index is 12.2. The van der Waals surface area contributed by atoms with E-state index in [1.807, 2.05) is 66.7 Å². The number of carbonyl (C=O) groups excluding carboxylic acids is 1. The molecule has 0 saturated heterocycles. The normalized spacial score (nSPS) is 11.2. The number of benzene rings is 3. The van der Waals surface area contributed by atoms with Crippen molar-refractivity contribution in [1.29, 1.82) is 0 Å². The van der Waals surface area contributed by atoms with Gasteiger partial charge in [0.15, 0.2) is 0 Å². The molecule has 0 bridgehead atoms. The Morgan fingerprint density at radius 2 is 1.60 bits per heavy atom. The summed E-state index contributed by atoms with van der Waals surface area (Å²) in [4.78, 5) is 17.0. The molecule has 1 heterocycles. The Kier molecular flexibility index (Phi) is 6.35. The molecule has 0 saturated carbocycles. The minimum Gasteiger partial charge on any atom is -0.355 e. The van der Waals surface area contributed by atoms with Crippen LogP contribution in [0.5, 0.6) is 0 Å². The lowest BCUT2D eigenvalue weighted by Gasteiger charge is -2.08. The monoisotopic (exact) mass is 395 g/mol. The summed E-state index contributed by atoms with van der Waals surface area (Å²) in [7, 11) is 0. The standard InChI is InChI=1S/C26H25N3O/c30-26(20-22-12-5-2-6-13-22)27-18-17-25-28-23-15-7-8-16-24(23)29(25)19-9-14-21-10-3-1-4-11-21/h1-16H,17-20H2,(H,27,30)/b14-9+. The molecule has 0 atom stereocenters. The summed E-state index contributed by atoms with van der Waals surface area (Å²) in [6.07, 6.45) is 5.37. The molecule has 0 fully saturated rings. The molecule has 0 aliphatic carbocycles. The number of nitrogens with zero attached hydrogens (tertiary/aromatic N) is 2. The van der Waals surface area contributed by atoms with Crippen molar-refractivity contribution in [2.24, 2.45) is 0 Å². The first kappa shape index (κ1) is 19.6. The lowest BCUT2D eigenvalue weighted by Crippen LogP contribution is -2.27. The summed E-state index contributed by atoms with van der Waals surface area (Å²) in [5.41, 5.74) is 4.29. The maximum atomic E-state index is 12.2. The number of carbonyl (C=O) groups is 1. The van der Waals surface area contributed by atoms with Crippen LogP contribution in [-0.2, 0) is 24.2 Å². The predicted molar refractivity (Wildman–Crippen MR) is 122 cm³/mol. The van der Waals surface area contributed by atoms with Crippen molar-refractivity contribution in [1.82, 2.24) is 14.9 Å². The molecule has 1 amide bonds. The van der Waals surface area contributed by atoms with Crippen molar-refractivity contribution in [2.45, 2.75) is 19.4 Å². The van der Waals surface area contributed by atoms with Crippen LogP contribution in [0.2, 0.25) is 0 Å². The summed E-state index contributed by atoms with van der Waals surface area (Å²) >= 11 is 0. The summed E-state index contributed by atoms with van der Waals surface area (Å²) < 4.78 is 2.22. The Bertz CT molecular complexity index is 1130. The quantitative estimate of drug-likeness (QED) is 0.472. The Morgan fingerprint density at radius 1 is 0.900 bits per heavy atom. The van der Waals surface area contributed by atoms with Gasteiger partial charge in [-0.1, -0.05) is 84.9 Å². The Balaban J connectivity index is 1.42. The fourth-order valence-electron chi connectivity index (χ4n) is 3.54. The van der Waals surface area contributed by atoms with Gasteiger partial charge in [-0.25, -0.2) is 4.98 Å². The number of hydrogen-bond donors (Lipinski definition) is 1. The van der Waals surface area contributed by atoms with Crippen LogP contribution < -0.4 is 5.32 Å². The van der Waals surface area contributed by atoms with E-state index in [4.69, 9.17) is 4.98 Å². The number of rotatable bonds is 8. The molecule has 1 N–H and O–H groups in total. The van der Waals surface area contributed by atoms with E-state index in [1.165, 1.54) is 5.56 Å². The molecule has 150 valence electrons. The van der Waals surface area contributed by atoms with Gasteiger partial charge in [0.25, 0.3) is 0 Å². The summed E-state index contributed by atoms with van der Waals surface area (Å²) in [6, 6.07) is 28.2. The van der Waals surface area contributed by atoms with Gasteiger partial charge in [0, 0.05) is 19.5 Å². The highest BCUT2D eigenvalue weighted by Gasteiger charge is 2.10. The van der Waals surface area contributed by atoms with E-state index in [1.54, 1.807) is 0 Å². The van der Waals surface area contributed by atoms with Gasteiger partial charge in [-0.15, -0.1) is 0 Å². The molecule has 0 aliphatic rings. The predicted octanol–water partition coefficient (Wildman–Crippen LogP) is 4.65. The molecule has 0 radical (unpaired) electrons. The van der Waals surface area contributed by atoms with E-state index < -0.39 is 0 Å². The van der Waals surface area contributed by atoms with Gasteiger partial charge < -0.3 is 9.88 Å². The molecular formula is C26H25N3O. The third kappa shape index (κ3) is 5.03.